The molecule has 0 atom stereocenters. The zero-order valence-electron chi connectivity index (χ0n) is 17.1. The second-order valence-electron chi connectivity index (χ2n) is 7.18. The van der Waals surface area contributed by atoms with Crippen molar-refractivity contribution in [2.75, 3.05) is 11.9 Å². The van der Waals surface area contributed by atoms with Crippen molar-refractivity contribution in [3.05, 3.63) is 64.7 Å². The van der Waals surface area contributed by atoms with Crippen LogP contribution in [0.1, 0.15) is 42.0 Å². The first-order chi connectivity index (χ1) is 13.9. The SMILES string of the molecule is Cc1cccc(CSc2nnc(NC(=O)COc3cc(C)ccc3C(C)C)s2)c1. The van der Waals surface area contributed by atoms with Crippen molar-refractivity contribution < 1.29 is 9.53 Å². The fraction of sp³-hybridized carbons (Fsp3) is 0.318. The lowest BCUT2D eigenvalue weighted by Crippen LogP contribution is -2.20. The van der Waals surface area contributed by atoms with Crippen LogP contribution in [0.4, 0.5) is 5.13 Å². The van der Waals surface area contributed by atoms with Crippen LogP contribution in [-0.4, -0.2) is 22.7 Å². The highest BCUT2D eigenvalue weighted by atomic mass is 32.2. The molecule has 1 amide bonds. The molecule has 0 bridgehead atoms. The zero-order chi connectivity index (χ0) is 20.8. The highest BCUT2D eigenvalue weighted by Gasteiger charge is 2.12. The molecule has 1 heterocycles. The summed E-state index contributed by atoms with van der Waals surface area (Å²) in [6.07, 6.45) is 0. The van der Waals surface area contributed by atoms with Crippen molar-refractivity contribution in [2.45, 2.75) is 43.7 Å². The standard InChI is InChI=1S/C22H25N3O2S2/c1-14(2)18-9-8-16(4)11-19(18)27-12-20(26)23-21-24-25-22(29-21)28-13-17-7-5-6-15(3)10-17/h5-11,14H,12-13H2,1-4H3,(H,23,24,26). The summed E-state index contributed by atoms with van der Waals surface area (Å²) in [6.45, 7) is 8.24. The van der Waals surface area contributed by atoms with E-state index >= 15 is 0 Å². The molecule has 2 aromatic carbocycles. The Morgan fingerprint density at radius 1 is 1.14 bits per heavy atom. The zero-order valence-corrected chi connectivity index (χ0v) is 18.7. The maximum atomic E-state index is 12.3. The van der Waals surface area contributed by atoms with E-state index in [1.54, 1.807) is 11.8 Å². The Labute approximate surface area is 179 Å². The number of benzene rings is 2. The van der Waals surface area contributed by atoms with Crippen LogP contribution in [0, 0.1) is 13.8 Å². The van der Waals surface area contributed by atoms with Crippen LogP contribution in [0.2, 0.25) is 0 Å². The van der Waals surface area contributed by atoms with E-state index < -0.39 is 0 Å². The molecule has 0 aliphatic rings. The third-order valence-corrected chi connectivity index (χ3v) is 6.29. The molecular formula is C22H25N3O2S2. The molecule has 0 fully saturated rings. The van der Waals surface area contributed by atoms with Gasteiger partial charge in [0, 0.05) is 5.75 Å². The molecule has 0 spiro atoms. The average Bonchev–Trinajstić information content (AvgIpc) is 3.12. The minimum Gasteiger partial charge on any atom is -0.483 e. The molecule has 0 unspecified atom stereocenters. The Balaban J connectivity index is 1.52. The minimum atomic E-state index is -0.243. The van der Waals surface area contributed by atoms with E-state index in [2.05, 4.69) is 72.7 Å². The molecular weight excluding hydrogens is 402 g/mol. The van der Waals surface area contributed by atoms with Crippen molar-refractivity contribution >= 4 is 34.1 Å². The molecule has 1 N–H and O–H groups in total. The molecule has 3 rings (SSSR count). The molecule has 1 aromatic heterocycles. The Kier molecular flexibility index (Phi) is 7.28. The van der Waals surface area contributed by atoms with Crippen LogP contribution in [0.15, 0.2) is 46.8 Å². The number of aryl methyl sites for hydroxylation is 2. The number of amides is 1. The highest BCUT2D eigenvalue weighted by Crippen LogP contribution is 2.29. The van der Waals surface area contributed by atoms with Gasteiger partial charge in [0.1, 0.15) is 5.75 Å². The smallest absolute Gasteiger partial charge is 0.264 e. The first-order valence-corrected chi connectivity index (χ1v) is 11.3. The first-order valence-electron chi connectivity index (χ1n) is 9.46. The number of ether oxygens (including phenoxy) is 1. The number of aromatic nitrogens is 2. The minimum absolute atomic E-state index is 0.0610. The van der Waals surface area contributed by atoms with E-state index in [9.17, 15) is 4.79 Å². The second kappa shape index (κ2) is 9.89. The number of carbonyl (C=O) groups excluding carboxylic acids is 1. The topological polar surface area (TPSA) is 64.1 Å². The number of nitrogens with zero attached hydrogens (tertiary/aromatic N) is 2. The van der Waals surface area contributed by atoms with Crippen LogP contribution < -0.4 is 10.1 Å². The highest BCUT2D eigenvalue weighted by molar-refractivity contribution is 8.00. The van der Waals surface area contributed by atoms with Gasteiger partial charge in [0.2, 0.25) is 5.13 Å². The van der Waals surface area contributed by atoms with Gasteiger partial charge in [-0.1, -0.05) is 78.9 Å². The lowest BCUT2D eigenvalue weighted by molar-refractivity contribution is -0.118. The molecule has 0 saturated carbocycles. The van der Waals surface area contributed by atoms with Gasteiger partial charge >= 0.3 is 0 Å². The Morgan fingerprint density at radius 2 is 1.93 bits per heavy atom. The third kappa shape index (κ3) is 6.30. The first kappa shape index (κ1) is 21.3. The van der Waals surface area contributed by atoms with Gasteiger partial charge in [-0.3, -0.25) is 10.1 Å². The summed E-state index contributed by atoms with van der Waals surface area (Å²) < 4.78 is 6.60. The largest absolute Gasteiger partial charge is 0.483 e. The van der Waals surface area contributed by atoms with Crippen molar-refractivity contribution in [3.8, 4) is 5.75 Å². The van der Waals surface area contributed by atoms with Gasteiger partial charge in [0.05, 0.1) is 0 Å². The second-order valence-corrected chi connectivity index (χ2v) is 9.38. The van der Waals surface area contributed by atoms with Gasteiger partial charge in [-0.2, -0.15) is 0 Å². The van der Waals surface area contributed by atoms with E-state index in [0.717, 1.165) is 27.0 Å². The molecule has 7 heteroatoms. The van der Waals surface area contributed by atoms with Crippen molar-refractivity contribution in [1.29, 1.82) is 0 Å². The fourth-order valence-corrected chi connectivity index (χ4v) is 4.52. The molecule has 3 aromatic rings. The quantitative estimate of drug-likeness (QED) is 0.375. The summed E-state index contributed by atoms with van der Waals surface area (Å²) in [5.41, 5.74) is 4.67. The van der Waals surface area contributed by atoms with Crippen molar-refractivity contribution in [2.24, 2.45) is 0 Å². The maximum absolute atomic E-state index is 12.3. The van der Waals surface area contributed by atoms with Crippen LogP contribution in [-0.2, 0) is 10.5 Å². The average molecular weight is 428 g/mol. The molecule has 0 saturated heterocycles. The van der Waals surface area contributed by atoms with Crippen LogP contribution in [0.5, 0.6) is 5.75 Å². The molecule has 152 valence electrons. The van der Waals surface area contributed by atoms with Crippen LogP contribution in [0.3, 0.4) is 0 Å². The fourth-order valence-electron chi connectivity index (χ4n) is 2.81. The Morgan fingerprint density at radius 3 is 2.69 bits per heavy atom. The number of hydrogen-bond acceptors (Lipinski definition) is 6. The van der Waals surface area contributed by atoms with Gasteiger partial charge in [-0.05, 0) is 42.5 Å². The molecule has 0 radical (unpaired) electrons. The van der Waals surface area contributed by atoms with E-state index in [1.807, 2.05) is 13.0 Å². The van der Waals surface area contributed by atoms with Crippen LogP contribution in [0.25, 0.3) is 0 Å². The lowest BCUT2D eigenvalue weighted by atomic mass is 10.0. The Hall–Kier alpha value is -2.38. The number of carbonyl (C=O) groups is 1. The van der Waals surface area contributed by atoms with E-state index in [0.29, 0.717) is 11.0 Å². The number of thioether (sulfide) groups is 1. The van der Waals surface area contributed by atoms with Crippen LogP contribution >= 0.6 is 23.1 Å². The van der Waals surface area contributed by atoms with Gasteiger partial charge in [0.25, 0.3) is 5.91 Å². The van der Waals surface area contributed by atoms with E-state index in [1.165, 1.54) is 22.5 Å². The summed E-state index contributed by atoms with van der Waals surface area (Å²) in [5.74, 6) is 1.65. The summed E-state index contributed by atoms with van der Waals surface area (Å²) in [5, 5.41) is 11.5. The van der Waals surface area contributed by atoms with Crippen molar-refractivity contribution in [1.82, 2.24) is 10.2 Å². The number of rotatable bonds is 8. The van der Waals surface area contributed by atoms with Gasteiger partial charge in [-0.15, -0.1) is 10.2 Å². The summed E-state index contributed by atoms with van der Waals surface area (Å²) >= 11 is 2.98. The monoisotopic (exact) mass is 427 g/mol. The van der Waals surface area contributed by atoms with Crippen molar-refractivity contribution in [3.63, 3.8) is 0 Å². The summed E-state index contributed by atoms with van der Waals surface area (Å²) in [7, 11) is 0. The number of nitrogens with one attached hydrogen (secondary N) is 1. The predicted octanol–water partition coefficient (Wildman–Crippen LogP) is 5.59. The summed E-state index contributed by atoms with van der Waals surface area (Å²) in [6, 6.07) is 14.5. The third-order valence-electron chi connectivity index (χ3n) is 4.25. The maximum Gasteiger partial charge on any atom is 0.264 e. The van der Waals surface area contributed by atoms with E-state index in [-0.39, 0.29) is 12.5 Å². The Bertz CT molecular complexity index is 986. The molecule has 0 aliphatic heterocycles. The van der Waals surface area contributed by atoms with Gasteiger partial charge < -0.3 is 4.74 Å². The van der Waals surface area contributed by atoms with E-state index in [4.69, 9.17) is 4.74 Å². The lowest BCUT2D eigenvalue weighted by Gasteiger charge is -2.14. The van der Waals surface area contributed by atoms with Gasteiger partial charge in [0.15, 0.2) is 10.9 Å². The predicted molar refractivity (Wildman–Crippen MR) is 120 cm³/mol. The normalized spacial score (nSPS) is 10.9. The number of anilines is 1. The summed E-state index contributed by atoms with van der Waals surface area (Å²) in [4.78, 5) is 12.3. The van der Waals surface area contributed by atoms with Gasteiger partial charge in [-0.25, -0.2) is 0 Å². The molecule has 0 aliphatic carbocycles. The molecule has 5 nitrogen and oxygen atoms in total. The molecule has 29 heavy (non-hydrogen) atoms. The number of hydrogen-bond donors (Lipinski definition) is 1.